The van der Waals surface area contributed by atoms with Crippen LogP contribution >= 0.6 is 0 Å². The molecule has 1 aromatic carbocycles. The molecule has 0 atom stereocenters. The second kappa shape index (κ2) is 7.61. The molecule has 2 aromatic rings. The average Bonchev–Trinajstić information content (AvgIpc) is 2.46. The van der Waals surface area contributed by atoms with Crippen LogP contribution < -0.4 is 5.32 Å². The molecule has 0 bridgehead atoms. The maximum Gasteiger partial charge on any atom is 0.0890 e. The minimum absolute atomic E-state index is 0.703. The van der Waals surface area contributed by atoms with Crippen LogP contribution in [0.15, 0.2) is 43.1 Å². The minimum Gasteiger partial charge on any atom is -0.380 e. The number of hydrogen-bond acceptors (Lipinski definition) is 4. The number of para-hydroxylation sites is 2. The van der Waals surface area contributed by atoms with Gasteiger partial charge in [0.2, 0.25) is 0 Å². The lowest BCUT2D eigenvalue weighted by Gasteiger charge is -2.05. The molecular weight excluding hydrogens is 238 g/mol. The fourth-order valence-electron chi connectivity index (χ4n) is 1.71. The Kier molecular flexibility index (Phi) is 5.47. The van der Waals surface area contributed by atoms with E-state index in [0.29, 0.717) is 13.2 Å². The standard InChI is InChI=1S/C15H19N3O/c1-2-3-9-19-10-8-16-11-13-12-17-14-6-4-5-7-15(14)18-13/h2,4-7,12,16H,1,3,8-11H2. The first-order valence-corrected chi connectivity index (χ1v) is 6.50. The first-order valence-electron chi connectivity index (χ1n) is 6.50. The van der Waals surface area contributed by atoms with Crippen LogP contribution in [0.25, 0.3) is 11.0 Å². The van der Waals surface area contributed by atoms with E-state index in [4.69, 9.17) is 4.74 Å². The molecular formula is C15H19N3O. The van der Waals surface area contributed by atoms with E-state index >= 15 is 0 Å². The molecule has 0 aliphatic heterocycles. The number of nitrogens with one attached hydrogen (secondary N) is 1. The van der Waals surface area contributed by atoms with E-state index < -0.39 is 0 Å². The zero-order valence-electron chi connectivity index (χ0n) is 11.0. The quantitative estimate of drug-likeness (QED) is 0.582. The Morgan fingerprint density at radius 3 is 2.89 bits per heavy atom. The molecule has 0 amide bonds. The van der Waals surface area contributed by atoms with Crippen molar-refractivity contribution in [1.29, 1.82) is 0 Å². The zero-order chi connectivity index (χ0) is 13.3. The molecule has 0 aliphatic carbocycles. The monoisotopic (exact) mass is 257 g/mol. The van der Waals surface area contributed by atoms with Crippen molar-refractivity contribution in [3.05, 3.63) is 48.8 Å². The highest BCUT2D eigenvalue weighted by molar-refractivity contribution is 5.73. The Bertz CT molecular complexity index is 528. The summed E-state index contributed by atoms with van der Waals surface area (Å²) in [7, 11) is 0. The van der Waals surface area contributed by atoms with E-state index in [0.717, 1.165) is 36.3 Å². The SMILES string of the molecule is C=CCCOCCNCc1cnc2ccccc2n1. The highest BCUT2D eigenvalue weighted by Crippen LogP contribution is 2.07. The molecule has 19 heavy (non-hydrogen) atoms. The maximum absolute atomic E-state index is 5.41. The highest BCUT2D eigenvalue weighted by atomic mass is 16.5. The molecule has 0 unspecified atom stereocenters. The Morgan fingerprint density at radius 2 is 2.05 bits per heavy atom. The molecule has 0 spiro atoms. The van der Waals surface area contributed by atoms with E-state index in [1.807, 2.05) is 36.5 Å². The molecule has 1 aromatic heterocycles. The van der Waals surface area contributed by atoms with Crippen LogP contribution in [0.4, 0.5) is 0 Å². The second-order valence-electron chi connectivity index (χ2n) is 4.22. The number of rotatable bonds is 8. The van der Waals surface area contributed by atoms with Crippen LogP contribution in [-0.2, 0) is 11.3 Å². The largest absolute Gasteiger partial charge is 0.380 e. The summed E-state index contributed by atoms with van der Waals surface area (Å²) in [6.45, 7) is 6.61. The average molecular weight is 257 g/mol. The Hall–Kier alpha value is -1.78. The molecule has 1 heterocycles. The van der Waals surface area contributed by atoms with Crippen molar-refractivity contribution in [2.75, 3.05) is 19.8 Å². The van der Waals surface area contributed by atoms with Gasteiger partial charge in [0.25, 0.3) is 0 Å². The summed E-state index contributed by atoms with van der Waals surface area (Å²) in [6.07, 6.45) is 4.57. The Morgan fingerprint density at radius 1 is 1.21 bits per heavy atom. The van der Waals surface area contributed by atoms with Gasteiger partial charge in [-0.25, -0.2) is 4.98 Å². The van der Waals surface area contributed by atoms with E-state index in [1.165, 1.54) is 0 Å². The molecule has 0 aliphatic rings. The first-order chi connectivity index (χ1) is 9.40. The van der Waals surface area contributed by atoms with E-state index in [9.17, 15) is 0 Å². The van der Waals surface area contributed by atoms with E-state index in [-0.39, 0.29) is 0 Å². The Labute approximate surface area is 113 Å². The van der Waals surface area contributed by atoms with E-state index in [1.54, 1.807) is 0 Å². The summed E-state index contributed by atoms with van der Waals surface area (Å²) in [5.41, 5.74) is 2.81. The van der Waals surface area contributed by atoms with Crippen LogP contribution in [0.2, 0.25) is 0 Å². The lowest BCUT2D eigenvalue weighted by molar-refractivity contribution is 0.140. The number of aromatic nitrogens is 2. The molecule has 4 nitrogen and oxygen atoms in total. The van der Waals surface area contributed by atoms with Gasteiger partial charge in [0, 0.05) is 13.1 Å². The van der Waals surface area contributed by atoms with E-state index in [2.05, 4.69) is 21.9 Å². The topological polar surface area (TPSA) is 47.0 Å². The number of nitrogens with zero attached hydrogens (tertiary/aromatic N) is 2. The van der Waals surface area contributed by atoms with Crippen LogP contribution in [0.5, 0.6) is 0 Å². The van der Waals surface area contributed by atoms with Gasteiger partial charge in [-0.05, 0) is 18.6 Å². The molecule has 0 saturated heterocycles. The fraction of sp³-hybridized carbons (Fsp3) is 0.333. The van der Waals surface area contributed by atoms with Gasteiger partial charge in [0.15, 0.2) is 0 Å². The van der Waals surface area contributed by atoms with Gasteiger partial charge in [-0.2, -0.15) is 0 Å². The summed E-state index contributed by atoms with van der Waals surface area (Å²) >= 11 is 0. The normalized spacial score (nSPS) is 10.7. The molecule has 2 rings (SSSR count). The Balaban J connectivity index is 1.74. The number of ether oxygens (including phenoxy) is 1. The van der Waals surface area contributed by atoms with Gasteiger partial charge in [-0.1, -0.05) is 18.2 Å². The van der Waals surface area contributed by atoms with Gasteiger partial charge >= 0.3 is 0 Å². The smallest absolute Gasteiger partial charge is 0.0890 e. The van der Waals surface area contributed by atoms with Crippen LogP contribution in [-0.4, -0.2) is 29.7 Å². The number of hydrogen-bond donors (Lipinski definition) is 1. The van der Waals surface area contributed by atoms with Crippen molar-refractivity contribution in [3.63, 3.8) is 0 Å². The first kappa shape index (κ1) is 13.6. The van der Waals surface area contributed by atoms with Crippen LogP contribution in [0, 0.1) is 0 Å². The number of benzene rings is 1. The predicted octanol–water partition coefficient (Wildman–Crippen LogP) is 2.31. The summed E-state index contributed by atoms with van der Waals surface area (Å²) in [5.74, 6) is 0. The third kappa shape index (κ3) is 4.43. The van der Waals surface area contributed by atoms with Gasteiger partial charge in [-0.3, -0.25) is 4.98 Å². The molecule has 4 heteroatoms. The lowest BCUT2D eigenvalue weighted by atomic mass is 10.3. The van der Waals surface area contributed by atoms with Crippen molar-refractivity contribution in [1.82, 2.24) is 15.3 Å². The third-order valence-corrected chi connectivity index (χ3v) is 2.69. The highest BCUT2D eigenvalue weighted by Gasteiger charge is 1.98. The van der Waals surface area contributed by atoms with Crippen molar-refractivity contribution in [2.45, 2.75) is 13.0 Å². The summed E-state index contributed by atoms with van der Waals surface area (Å²) in [5, 5.41) is 3.29. The molecule has 0 fully saturated rings. The van der Waals surface area contributed by atoms with Gasteiger partial charge in [0.1, 0.15) is 0 Å². The van der Waals surface area contributed by atoms with Crippen molar-refractivity contribution in [3.8, 4) is 0 Å². The van der Waals surface area contributed by atoms with Crippen molar-refractivity contribution in [2.24, 2.45) is 0 Å². The van der Waals surface area contributed by atoms with Crippen molar-refractivity contribution < 1.29 is 4.74 Å². The zero-order valence-corrected chi connectivity index (χ0v) is 11.0. The molecule has 0 saturated carbocycles. The molecule has 1 N–H and O–H groups in total. The van der Waals surface area contributed by atoms with Crippen LogP contribution in [0.1, 0.15) is 12.1 Å². The van der Waals surface area contributed by atoms with Crippen molar-refractivity contribution >= 4 is 11.0 Å². The maximum atomic E-state index is 5.41. The van der Waals surface area contributed by atoms with Gasteiger partial charge in [-0.15, -0.1) is 6.58 Å². The summed E-state index contributed by atoms with van der Waals surface area (Å²) in [4.78, 5) is 8.92. The molecule has 0 radical (unpaired) electrons. The minimum atomic E-state index is 0.703. The predicted molar refractivity (Wildman–Crippen MR) is 76.9 cm³/mol. The lowest BCUT2D eigenvalue weighted by Crippen LogP contribution is -2.20. The fourth-order valence-corrected chi connectivity index (χ4v) is 1.71. The summed E-state index contributed by atoms with van der Waals surface area (Å²) in [6, 6.07) is 7.88. The molecule has 100 valence electrons. The second-order valence-corrected chi connectivity index (χ2v) is 4.22. The van der Waals surface area contributed by atoms with Crippen LogP contribution in [0.3, 0.4) is 0 Å². The number of fused-ring (bicyclic) bond motifs is 1. The summed E-state index contributed by atoms with van der Waals surface area (Å²) < 4.78 is 5.41. The van der Waals surface area contributed by atoms with Gasteiger partial charge in [0.05, 0.1) is 36.1 Å². The van der Waals surface area contributed by atoms with Gasteiger partial charge < -0.3 is 10.1 Å². The third-order valence-electron chi connectivity index (χ3n) is 2.69.